The minimum Gasteiger partial charge on any atom is -0.360 e. The maximum Gasteiger partial charge on any atom is 0.151 e. The summed E-state index contributed by atoms with van der Waals surface area (Å²) in [5, 5.41) is 7.51. The van der Waals surface area contributed by atoms with Gasteiger partial charge in [0.15, 0.2) is 5.76 Å². The Hall–Kier alpha value is -0.910. The van der Waals surface area contributed by atoms with Crippen LogP contribution < -0.4 is 5.32 Å². The monoisotopic (exact) mass is 294 g/mol. The fraction of sp³-hybridized carbons (Fsp3) is 0.812. The number of likely N-dealkylation sites (N-methyl/N-ethyl adjacent to an activating group) is 1. The van der Waals surface area contributed by atoms with E-state index in [9.17, 15) is 0 Å². The average molecular weight is 294 g/mol. The molecule has 1 aromatic rings. The molecule has 0 radical (unpaired) electrons. The molecule has 0 bridgehead atoms. The summed E-state index contributed by atoms with van der Waals surface area (Å²) in [4.78, 5) is 5.03. The van der Waals surface area contributed by atoms with Gasteiger partial charge in [-0.05, 0) is 19.5 Å². The molecule has 1 aliphatic heterocycles. The first-order valence-electron chi connectivity index (χ1n) is 8.26. The Morgan fingerprint density at radius 1 is 1.43 bits per heavy atom. The third kappa shape index (κ3) is 4.80. The van der Waals surface area contributed by atoms with Crippen LogP contribution >= 0.6 is 0 Å². The molecular formula is C16H30N4O. The summed E-state index contributed by atoms with van der Waals surface area (Å²) in [6.45, 7) is 15.0. The summed E-state index contributed by atoms with van der Waals surface area (Å²) >= 11 is 0. The van der Waals surface area contributed by atoms with Crippen molar-refractivity contribution in [1.29, 1.82) is 0 Å². The predicted molar refractivity (Wildman–Crippen MR) is 85.1 cm³/mol. The summed E-state index contributed by atoms with van der Waals surface area (Å²) in [7, 11) is 0. The lowest BCUT2D eigenvalue weighted by atomic mass is 10.2. The topological polar surface area (TPSA) is 44.5 Å². The number of hydrogen-bond donors (Lipinski definition) is 1. The Morgan fingerprint density at radius 2 is 2.19 bits per heavy atom. The van der Waals surface area contributed by atoms with Crippen LogP contribution in [-0.4, -0.2) is 53.2 Å². The van der Waals surface area contributed by atoms with Crippen LogP contribution in [0, 0.1) is 0 Å². The van der Waals surface area contributed by atoms with Gasteiger partial charge in [0.1, 0.15) is 0 Å². The van der Waals surface area contributed by atoms with Crippen molar-refractivity contribution >= 4 is 0 Å². The third-order valence-corrected chi connectivity index (χ3v) is 4.25. The van der Waals surface area contributed by atoms with Gasteiger partial charge in [0, 0.05) is 37.8 Å². The second-order valence-electron chi connectivity index (χ2n) is 6.22. The Balaban J connectivity index is 1.80. The highest BCUT2D eigenvalue weighted by Crippen LogP contribution is 2.18. The van der Waals surface area contributed by atoms with Crippen LogP contribution in [-0.2, 0) is 13.1 Å². The maximum atomic E-state index is 5.46. The number of nitrogens with one attached hydrogen (secondary N) is 1. The van der Waals surface area contributed by atoms with Gasteiger partial charge in [0.25, 0.3) is 0 Å². The minimum atomic E-state index is 0.471. The number of rotatable bonds is 8. The van der Waals surface area contributed by atoms with Gasteiger partial charge in [-0.3, -0.25) is 9.80 Å². The molecule has 1 unspecified atom stereocenters. The fourth-order valence-corrected chi connectivity index (χ4v) is 3.04. The Morgan fingerprint density at radius 3 is 2.86 bits per heavy atom. The van der Waals surface area contributed by atoms with Crippen LogP contribution in [0.1, 0.15) is 45.6 Å². The first-order chi connectivity index (χ1) is 10.1. The molecule has 1 atom stereocenters. The quantitative estimate of drug-likeness (QED) is 0.795. The van der Waals surface area contributed by atoms with Crippen molar-refractivity contribution in [3.05, 3.63) is 17.5 Å². The van der Waals surface area contributed by atoms with Gasteiger partial charge in [-0.2, -0.15) is 0 Å². The molecule has 0 aromatic carbocycles. The lowest BCUT2D eigenvalue weighted by molar-refractivity contribution is 0.202. The number of nitrogens with zero attached hydrogens (tertiary/aromatic N) is 3. The van der Waals surface area contributed by atoms with Crippen LogP contribution in [0.4, 0.5) is 0 Å². The van der Waals surface area contributed by atoms with Gasteiger partial charge < -0.3 is 9.84 Å². The van der Waals surface area contributed by atoms with Crippen LogP contribution in [0.3, 0.4) is 0 Å². The molecule has 21 heavy (non-hydrogen) atoms. The lowest BCUT2D eigenvalue weighted by Crippen LogP contribution is -2.37. The molecule has 0 saturated carbocycles. The zero-order valence-corrected chi connectivity index (χ0v) is 13.9. The zero-order chi connectivity index (χ0) is 15.2. The number of hydrogen-bond acceptors (Lipinski definition) is 5. The van der Waals surface area contributed by atoms with E-state index >= 15 is 0 Å². The van der Waals surface area contributed by atoms with E-state index in [1.165, 1.54) is 6.42 Å². The normalized spacial score (nSPS) is 20.0. The average Bonchev–Trinajstić information content (AvgIpc) is 3.08. The molecule has 120 valence electrons. The predicted octanol–water partition coefficient (Wildman–Crippen LogP) is 2.09. The summed E-state index contributed by atoms with van der Waals surface area (Å²) in [6, 6.07) is 3.25. The van der Waals surface area contributed by atoms with E-state index in [0.717, 1.165) is 50.7 Å². The summed E-state index contributed by atoms with van der Waals surface area (Å²) < 4.78 is 5.46. The molecule has 1 aromatic heterocycles. The van der Waals surface area contributed by atoms with E-state index in [2.05, 4.69) is 54.0 Å². The largest absolute Gasteiger partial charge is 0.360 e. The molecule has 0 amide bonds. The zero-order valence-electron chi connectivity index (χ0n) is 13.9. The van der Waals surface area contributed by atoms with E-state index in [1.54, 1.807) is 0 Å². The van der Waals surface area contributed by atoms with Crippen molar-refractivity contribution in [3.8, 4) is 0 Å². The molecule has 5 nitrogen and oxygen atoms in total. The Bertz CT molecular complexity index is 414. The molecule has 0 aliphatic carbocycles. The second kappa shape index (κ2) is 7.92. The van der Waals surface area contributed by atoms with Crippen molar-refractivity contribution in [3.63, 3.8) is 0 Å². The molecule has 1 saturated heterocycles. The van der Waals surface area contributed by atoms with E-state index in [0.29, 0.717) is 12.1 Å². The molecule has 1 aliphatic rings. The second-order valence-corrected chi connectivity index (χ2v) is 6.22. The first kappa shape index (κ1) is 16.5. The summed E-state index contributed by atoms with van der Waals surface area (Å²) in [5.74, 6) is 0.982. The Kier molecular flexibility index (Phi) is 6.21. The maximum absolute atomic E-state index is 5.46. The molecule has 2 heterocycles. The highest BCUT2D eigenvalue weighted by molar-refractivity contribution is 5.05. The smallest absolute Gasteiger partial charge is 0.151 e. The molecule has 2 rings (SSSR count). The fourth-order valence-electron chi connectivity index (χ4n) is 3.04. The van der Waals surface area contributed by atoms with Crippen molar-refractivity contribution in [1.82, 2.24) is 20.3 Å². The van der Waals surface area contributed by atoms with Crippen molar-refractivity contribution in [2.75, 3.05) is 26.2 Å². The molecule has 1 N–H and O–H groups in total. The van der Waals surface area contributed by atoms with Crippen LogP contribution in [0.15, 0.2) is 10.6 Å². The molecule has 0 spiro atoms. The van der Waals surface area contributed by atoms with E-state index in [-0.39, 0.29) is 0 Å². The third-order valence-electron chi connectivity index (χ3n) is 4.25. The first-order valence-corrected chi connectivity index (χ1v) is 8.26. The van der Waals surface area contributed by atoms with Gasteiger partial charge in [0.05, 0.1) is 12.2 Å². The van der Waals surface area contributed by atoms with E-state index in [1.807, 2.05) is 0 Å². The highest BCUT2D eigenvalue weighted by Gasteiger charge is 2.26. The van der Waals surface area contributed by atoms with Crippen molar-refractivity contribution < 1.29 is 4.52 Å². The van der Waals surface area contributed by atoms with Crippen molar-refractivity contribution in [2.24, 2.45) is 0 Å². The molecule has 5 heteroatoms. The van der Waals surface area contributed by atoms with Crippen LogP contribution in [0.2, 0.25) is 0 Å². The standard InChI is InChI=1S/C16H30N4O/c1-5-20(6-2)15-7-8-19(11-15)12-16-9-14(18-21-16)10-17-13(3)4/h9,13,15,17H,5-8,10-12H2,1-4H3. The van der Waals surface area contributed by atoms with Gasteiger partial charge >= 0.3 is 0 Å². The Labute approximate surface area is 128 Å². The molecule has 1 fully saturated rings. The summed E-state index contributed by atoms with van der Waals surface area (Å²) in [5.41, 5.74) is 0.998. The van der Waals surface area contributed by atoms with Gasteiger partial charge in [0.2, 0.25) is 0 Å². The van der Waals surface area contributed by atoms with Crippen LogP contribution in [0.25, 0.3) is 0 Å². The number of likely N-dealkylation sites (tertiary alicyclic amines) is 1. The highest BCUT2D eigenvalue weighted by atomic mass is 16.5. The van der Waals surface area contributed by atoms with Crippen molar-refractivity contribution in [2.45, 2.75) is 59.3 Å². The van der Waals surface area contributed by atoms with E-state index in [4.69, 9.17) is 4.52 Å². The SMILES string of the molecule is CCN(CC)C1CCN(Cc2cc(CNC(C)C)no2)C1. The van der Waals surface area contributed by atoms with E-state index < -0.39 is 0 Å². The van der Waals surface area contributed by atoms with Crippen LogP contribution in [0.5, 0.6) is 0 Å². The van der Waals surface area contributed by atoms with Gasteiger partial charge in [-0.1, -0.05) is 32.9 Å². The van der Waals surface area contributed by atoms with Gasteiger partial charge in [-0.15, -0.1) is 0 Å². The van der Waals surface area contributed by atoms with Gasteiger partial charge in [-0.25, -0.2) is 0 Å². The summed E-state index contributed by atoms with van der Waals surface area (Å²) in [6.07, 6.45) is 1.26. The molecular weight excluding hydrogens is 264 g/mol. The minimum absolute atomic E-state index is 0.471. The lowest BCUT2D eigenvalue weighted by Gasteiger charge is -2.26. The number of aromatic nitrogens is 1.